The van der Waals surface area contributed by atoms with Crippen LogP contribution in [0.2, 0.25) is 0 Å². The molecule has 0 bridgehead atoms. The highest BCUT2D eigenvalue weighted by Crippen LogP contribution is 2.39. The van der Waals surface area contributed by atoms with E-state index in [1.807, 2.05) is 12.1 Å². The molecule has 3 aliphatic rings. The number of H-pyrrole nitrogens is 1. The smallest absolute Gasteiger partial charge is 0.269 e. The average Bonchev–Trinajstić information content (AvgIpc) is 3.95. The number of rotatable bonds is 12. The first kappa shape index (κ1) is 41.3. The fraction of sp³-hybridized carbons (Fsp3) is 0.364. The minimum atomic E-state index is -0.596. The number of piperazine rings is 1. The standard InChI is InChI=1S/C44H47F3N10O4/c1-53(2)44(61)38-25-34-33(24-32(41(47)42(34)50-38)28-4-3-14-56(26-28)40(59)12-16-57-17-13-48-52-57)31-8-7-30(23-36(31)46)55-20-18-54(19-21-55)15-11-27-5-6-29(22-35(27)45)49-37-9-10-39(58)51-43(37)60/h4-8,13,17,22-25,37,49-50H,3,9-12,14-16,18-21,26H2,1-2H3,(H,51,58,60). The first-order chi connectivity index (χ1) is 29.4. The molecule has 8 rings (SSSR count). The number of halogens is 3. The Morgan fingerprint density at radius 1 is 0.918 bits per heavy atom. The van der Waals surface area contributed by atoms with Gasteiger partial charge in [0.25, 0.3) is 5.91 Å². The molecular formula is C44H47F3N10O4. The summed E-state index contributed by atoms with van der Waals surface area (Å²) >= 11 is 0. The van der Waals surface area contributed by atoms with Crippen molar-refractivity contribution >= 4 is 51.5 Å². The van der Waals surface area contributed by atoms with Crippen LogP contribution in [0.1, 0.15) is 47.3 Å². The van der Waals surface area contributed by atoms with Gasteiger partial charge in [-0.05, 0) is 78.4 Å². The van der Waals surface area contributed by atoms with Crippen molar-refractivity contribution in [2.24, 2.45) is 0 Å². The van der Waals surface area contributed by atoms with Crippen molar-refractivity contribution in [2.45, 2.75) is 44.7 Å². The van der Waals surface area contributed by atoms with Gasteiger partial charge in [-0.2, -0.15) is 0 Å². The Bertz CT molecular complexity index is 2510. The highest BCUT2D eigenvalue weighted by atomic mass is 19.1. The SMILES string of the molecule is CN(C)C(=O)c1cc2c(-c3ccc(N4CCN(CCc5ccc(NC6CCC(=O)NC6=O)cc5F)CC4)cc3F)cc(C3=CCCN(C(=O)CCn4ccnn4)C3)c(F)c2[nH]1. The maximum absolute atomic E-state index is 16.6. The summed E-state index contributed by atoms with van der Waals surface area (Å²) in [4.78, 5) is 60.2. The Morgan fingerprint density at radius 2 is 1.74 bits per heavy atom. The molecule has 2 aromatic heterocycles. The molecule has 4 amide bonds. The third-order valence-electron chi connectivity index (χ3n) is 11.7. The molecule has 14 nitrogen and oxygen atoms in total. The molecule has 3 N–H and O–H groups in total. The monoisotopic (exact) mass is 836 g/mol. The van der Waals surface area contributed by atoms with Crippen molar-refractivity contribution in [2.75, 3.05) is 70.1 Å². The van der Waals surface area contributed by atoms with Crippen LogP contribution in [0.25, 0.3) is 27.6 Å². The minimum absolute atomic E-state index is 0.0764. The van der Waals surface area contributed by atoms with Crippen LogP contribution in [0.15, 0.2) is 67.0 Å². The van der Waals surface area contributed by atoms with E-state index in [0.29, 0.717) is 98.5 Å². The lowest BCUT2D eigenvalue weighted by Crippen LogP contribution is -2.47. The van der Waals surface area contributed by atoms with Crippen molar-refractivity contribution in [3.05, 3.63) is 101 Å². The van der Waals surface area contributed by atoms with Crippen molar-refractivity contribution in [3.8, 4) is 11.1 Å². The Labute approximate surface area is 350 Å². The van der Waals surface area contributed by atoms with Gasteiger partial charge in [-0.1, -0.05) is 17.4 Å². The van der Waals surface area contributed by atoms with Crippen LogP contribution in [-0.2, 0) is 27.3 Å². The summed E-state index contributed by atoms with van der Waals surface area (Å²) in [5, 5.41) is 13.4. The van der Waals surface area contributed by atoms with Gasteiger partial charge in [-0.25, -0.2) is 13.2 Å². The number of anilines is 2. The third kappa shape index (κ3) is 9.01. The second-order valence-electron chi connectivity index (χ2n) is 15.9. The second-order valence-corrected chi connectivity index (χ2v) is 15.9. The number of imide groups is 1. The number of fused-ring (bicyclic) bond motifs is 1. The van der Waals surface area contributed by atoms with E-state index in [-0.39, 0.29) is 65.3 Å². The summed E-state index contributed by atoms with van der Waals surface area (Å²) in [5.41, 5.74) is 3.43. The van der Waals surface area contributed by atoms with Gasteiger partial charge in [0, 0.05) is 107 Å². The number of nitrogens with one attached hydrogen (secondary N) is 3. The first-order valence-corrected chi connectivity index (χ1v) is 20.5. The Kier molecular flexibility index (Phi) is 11.9. The van der Waals surface area contributed by atoms with E-state index in [4.69, 9.17) is 0 Å². The molecule has 3 aromatic carbocycles. The van der Waals surface area contributed by atoms with Gasteiger partial charge in [-0.3, -0.25) is 34.1 Å². The Morgan fingerprint density at radius 3 is 2.46 bits per heavy atom. The van der Waals surface area contributed by atoms with E-state index in [2.05, 4.69) is 35.7 Å². The number of aromatic nitrogens is 4. The van der Waals surface area contributed by atoms with Crippen LogP contribution in [-0.4, -0.2) is 124 Å². The lowest BCUT2D eigenvalue weighted by molar-refractivity contribution is -0.134. The van der Waals surface area contributed by atoms with Crippen LogP contribution in [0.4, 0.5) is 24.5 Å². The van der Waals surface area contributed by atoms with E-state index in [9.17, 15) is 19.2 Å². The topological polar surface area (TPSA) is 152 Å². The molecule has 2 saturated heterocycles. The number of hydrogen-bond acceptors (Lipinski definition) is 9. The lowest BCUT2D eigenvalue weighted by atomic mass is 9.92. The Balaban J connectivity index is 0.954. The van der Waals surface area contributed by atoms with E-state index in [0.717, 1.165) is 0 Å². The van der Waals surface area contributed by atoms with E-state index < -0.39 is 23.6 Å². The molecule has 3 aliphatic heterocycles. The summed E-state index contributed by atoms with van der Waals surface area (Å²) in [7, 11) is 3.20. The number of carbonyl (C=O) groups excluding carboxylic acids is 4. The van der Waals surface area contributed by atoms with Crippen LogP contribution in [0.5, 0.6) is 0 Å². The van der Waals surface area contributed by atoms with E-state index in [1.165, 1.54) is 17.0 Å². The molecule has 318 valence electrons. The zero-order valence-corrected chi connectivity index (χ0v) is 34.0. The number of aryl methyl sites for hydroxylation is 1. The second kappa shape index (κ2) is 17.6. The van der Waals surface area contributed by atoms with E-state index >= 15 is 13.2 Å². The summed E-state index contributed by atoms with van der Waals surface area (Å²) < 4.78 is 49.6. The van der Waals surface area contributed by atoms with Gasteiger partial charge < -0.3 is 25.0 Å². The number of piperidine rings is 1. The van der Waals surface area contributed by atoms with E-state index in [1.54, 1.807) is 66.4 Å². The Hall–Kier alpha value is -6.49. The van der Waals surface area contributed by atoms with Gasteiger partial charge in [0.1, 0.15) is 23.4 Å². The average molecular weight is 837 g/mol. The minimum Gasteiger partial charge on any atom is -0.374 e. The maximum Gasteiger partial charge on any atom is 0.269 e. The zero-order valence-electron chi connectivity index (χ0n) is 34.0. The molecular weight excluding hydrogens is 790 g/mol. The van der Waals surface area contributed by atoms with Crippen LogP contribution in [0.3, 0.4) is 0 Å². The number of benzene rings is 3. The fourth-order valence-electron chi connectivity index (χ4n) is 8.24. The van der Waals surface area contributed by atoms with Gasteiger partial charge in [0.2, 0.25) is 17.7 Å². The number of amides is 4. The zero-order chi connectivity index (χ0) is 42.8. The van der Waals surface area contributed by atoms with Gasteiger partial charge in [0.05, 0.1) is 18.3 Å². The van der Waals surface area contributed by atoms with Gasteiger partial charge >= 0.3 is 0 Å². The number of nitrogens with zero attached hydrogens (tertiary/aromatic N) is 7. The van der Waals surface area contributed by atoms with Gasteiger partial charge in [-0.15, -0.1) is 5.10 Å². The molecule has 0 spiro atoms. The van der Waals surface area contributed by atoms with Crippen LogP contribution >= 0.6 is 0 Å². The van der Waals surface area contributed by atoms with Crippen molar-refractivity contribution in [1.29, 1.82) is 0 Å². The molecule has 0 radical (unpaired) electrons. The molecule has 61 heavy (non-hydrogen) atoms. The predicted molar refractivity (Wildman–Crippen MR) is 224 cm³/mol. The summed E-state index contributed by atoms with van der Waals surface area (Å²) in [5.74, 6) is -2.66. The van der Waals surface area contributed by atoms with Gasteiger partial charge in [0.15, 0.2) is 5.82 Å². The molecule has 17 heteroatoms. The summed E-state index contributed by atoms with van der Waals surface area (Å²) in [6.07, 6.45) is 6.90. The van der Waals surface area contributed by atoms with Crippen LogP contribution in [0, 0.1) is 17.5 Å². The maximum atomic E-state index is 16.6. The van der Waals surface area contributed by atoms with Crippen molar-refractivity contribution < 1.29 is 32.3 Å². The molecule has 0 aliphatic carbocycles. The fourth-order valence-corrected chi connectivity index (χ4v) is 8.24. The summed E-state index contributed by atoms with van der Waals surface area (Å²) in [6.45, 7) is 4.24. The summed E-state index contributed by atoms with van der Waals surface area (Å²) in [6, 6.07) is 12.4. The number of carbonyl (C=O) groups is 4. The van der Waals surface area contributed by atoms with Crippen molar-refractivity contribution in [3.63, 3.8) is 0 Å². The molecule has 0 saturated carbocycles. The third-order valence-corrected chi connectivity index (χ3v) is 11.7. The molecule has 1 atom stereocenters. The largest absolute Gasteiger partial charge is 0.374 e. The van der Waals surface area contributed by atoms with Crippen molar-refractivity contribution in [1.82, 2.24) is 40.0 Å². The molecule has 5 heterocycles. The quantitative estimate of drug-likeness (QED) is 0.150. The highest BCUT2D eigenvalue weighted by molar-refractivity contribution is 6.05. The normalized spacial score (nSPS) is 17.4. The first-order valence-electron chi connectivity index (χ1n) is 20.5. The lowest BCUT2D eigenvalue weighted by Gasteiger charge is -2.36. The molecule has 5 aromatic rings. The van der Waals surface area contributed by atoms with Crippen LogP contribution < -0.4 is 15.5 Å². The molecule has 2 fully saturated rings. The number of hydrogen-bond donors (Lipinski definition) is 3. The predicted octanol–water partition coefficient (Wildman–Crippen LogP) is 4.83. The number of aromatic amines is 1. The highest BCUT2D eigenvalue weighted by Gasteiger charge is 2.28. The molecule has 1 unspecified atom stereocenters.